The number of para-hydroxylation sites is 1. The highest BCUT2D eigenvalue weighted by atomic mass is 16.3. The van der Waals surface area contributed by atoms with Crippen LogP contribution in [0.2, 0.25) is 0 Å². The largest absolute Gasteiger partial charge is 0.504 e. The van der Waals surface area contributed by atoms with E-state index in [1.807, 2.05) is 60.7 Å². The van der Waals surface area contributed by atoms with Crippen molar-refractivity contribution < 1.29 is 20.1 Å². The summed E-state index contributed by atoms with van der Waals surface area (Å²) in [5.74, 6) is -1.98. The van der Waals surface area contributed by atoms with Crippen molar-refractivity contribution in [1.29, 1.82) is 0 Å². The molecule has 4 N–H and O–H groups in total. The average Bonchev–Trinajstić information content (AvgIpc) is 3.26. The van der Waals surface area contributed by atoms with E-state index >= 15 is 0 Å². The Morgan fingerprint density at radius 3 is 2.29 bits per heavy atom. The van der Waals surface area contributed by atoms with Gasteiger partial charge in [0.25, 0.3) is 0 Å². The van der Waals surface area contributed by atoms with E-state index in [4.69, 9.17) is 0 Å². The molecule has 0 spiro atoms. The normalized spacial score (nSPS) is 11.0. The van der Waals surface area contributed by atoms with Gasteiger partial charge in [-0.15, -0.1) is 5.10 Å². The van der Waals surface area contributed by atoms with Gasteiger partial charge >= 0.3 is 5.91 Å². The van der Waals surface area contributed by atoms with Crippen molar-refractivity contribution in [2.24, 2.45) is 5.10 Å². The Labute approximate surface area is 176 Å². The quantitative estimate of drug-likeness (QED) is 0.225. The number of aromatic hydroxyl groups is 3. The number of benzene rings is 3. The standard InChI is InChI=1S/C22H17N5O4/c28-17-12-11-15(18(29)19(17)30)13-23-25-22(31)20-24-21(14-7-3-1-4-8-14)27(26-20)16-9-5-2-6-10-16/h1-13,28-30H,(H,25,31). The predicted octanol–water partition coefficient (Wildman–Crippen LogP) is 2.82. The van der Waals surface area contributed by atoms with Crippen LogP contribution in [0.4, 0.5) is 0 Å². The molecule has 0 atom stereocenters. The maximum absolute atomic E-state index is 12.6. The molecule has 0 aliphatic rings. The fraction of sp³-hybridized carbons (Fsp3) is 0. The van der Waals surface area contributed by atoms with Gasteiger partial charge in [-0.2, -0.15) is 5.10 Å². The molecule has 3 aromatic carbocycles. The maximum Gasteiger partial charge on any atom is 0.311 e. The van der Waals surface area contributed by atoms with E-state index in [1.165, 1.54) is 12.1 Å². The molecule has 0 saturated heterocycles. The van der Waals surface area contributed by atoms with Crippen LogP contribution in [0.5, 0.6) is 17.2 Å². The van der Waals surface area contributed by atoms with Crippen LogP contribution >= 0.6 is 0 Å². The number of carbonyl (C=O) groups is 1. The van der Waals surface area contributed by atoms with Crippen LogP contribution in [0.15, 0.2) is 77.9 Å². The van der Waals surface area contributed by atoms with Gasteiger partial charge in [-0.05, 0) is 24.3 Å². The molecule has 1 aromatic heterocycles. The second kappa shape index (κ2) is 8.37. The van der Waals surface area contributed by atoms with Crippen LogP contribution in [0.25, 0.3) is 17.1 Å². The minimum Gasteiger partial charge on any atom is -0.504 e. The van der Waals surface area contributed by atoms with E-state index in [-0.39, 0.29) is 11.4 Å². The number of rotatable bonds is 5. The zero-order chi connectivity index (χ0) is 21.8. The Bertz CT molecular complexity index is 1200. The third-order valence-corrected chi connectivity index (χ3v) is 4.37. The molecule has 9 nitrogen and oxygen atoms in total. The lowest BCUT2D eigenvalue weighted by molar-refractivity contribution is 0.0945. The Hall–Kier alpha value is -4.66. The van der Waals surface area contributed by atoms with Crippen molar-refractivity contribution in [2.45, 2.75) is 0 Å². The summed E-state index contributed by atoms with van der Waals surface area (Å²) in [6, 6.07) is 21.1. The Morgan fingerprint density at radius 1 is 0.903 bits per heavy atom. The van der Waals surface area contributed by atoms with E-state index in [2.05, 4.69) is 20.6 Å². The molecule has 0 fully saturated rings. The van der Waals surface area contributed by atoms with Crippen LogP contribution in [-0.4, -0.2) is 42.2 Å². The average molecular weight is 415 g/mol. The molecule has 1 amide bonds. The summed E-state index contributed by atoms with van der Waals surface area (Å²) in [4.78, 5) is 16.9. The van der Waals surface area contributed by atoms with E-state index < -0.39 is 23.2 Å². The second-order valence-electron chi connectivity index (χ2n) is 6.44. The van der Waals surface area contributed by atoms with Gasteiger partial charge in [0.15, 0.2) is 17.3 Å². The van der Waals surface area contributed by atoms with Gasteiger partial charge in [0, 0.05) is 11.1 Å². The third kappa shape index (κ3) is 4.06. The fourth-order valence-electron chi connectivity index (χ4n) is 2.83. The summed E-state index contributed by atoms with van der Waals surface area (Å²) in [6.07, 6.45) is 1.12. The zero-order valence-corrected chi connectivity index (χ0v) is 16.0. The van der Waals surface area contributed by atoms with Crippen molar-refractivity contribution >= 4 is 12.1 Å². The summed E-state index contributed by atoms with van der Waals surface area (Å²) in [5.41, 5.74) is 3.91. The van der Waals surface area contributed by atoms with Gasteiger partial charge in [0.05, 0.1) is 11.9 Å². The fourth-order valence-corrected chi connectivity index (χ4v) is 2.83. The second-order valence-corrected chi connectivity index (χ2v) is 6.44. The van der Waals surface area contributed by atoms with E-state index in [0.717, 1.165) is 17.5 Å². The lowest BCUT2D eigenvalue weighted by Gasteiger charge is -2.05. The minimum absolute atomic E-state index is 0.0994. The molecular formula is C22H17N5O4. The van der Waals surface area contributed by atoms with Crippen molar-refractivity contribution in [3.8, 4) is 34.3 Å². The number of aromatic nitrogens is 3. The van der Waals surface area contributed by atoms with Gasteiger partial charge in [0.2, 0.25) is 11.6 Å². The number of amides is 1. The number of phenols is 3. The minimum atomic E-state index is -0.675. The Balaban J connectivity index is 1.62. The van der Waals surface area contributed by atoms with Crippen molar-refractivity contribution in [3.63, 3.8) is 0 Å². The van der Waals surface area contributed by atoms with Gasteiger partial charge in [0.1, 0.15) is 0 Å². The molecular weight excluding hydrogens is 398 g/mol. The van der Waals surface area contributed by atoms with Gasteiger partial charge < -0.3 is 15.3 Å². The topological polar surface area (TPSA) is 133 Å². The van der Waals surface area contributed by atoms with Crippen LogP contribution in [0.3, 0.4) is 0 Å². The number of phenolic OH excluding ortho intramolecular Hbond substituents is 3. The molecule has 9 heteroatoms. The number of hydrogen-bond donors (Lipinski definition) is 4. The summed E-state index contributed by atoms with van der Waals surface area (Å²) in [5, 5.41) is 36.8. The summed E-state index contributed by atoms with van der Waals surface area (Å²) in [6.45, 7) is 0. The van der Waals surface area contributed by atoms with Gasteiger partial charge in [-0.25, -0.2) is 15.1 Å². The number of nitrogens with one attached hydrogen (secondary N) is 1. The lowest BCUT2D eigenvalue weighted by atomic mass is 10.2. The molecule has 0 radical (unpaired) electrons. The van der Waals surface area contributed by atoms with E-state index in [9.17, 15) is 20.1 Å². The third-order valence-electron chi connectivity index (χ3n) is 4.37. The maximum atomic E-state index is 12.6. The first-order valence-electron chi connectivity index (χ1n) is 9.20. The Morgan fingerprint density at radius 2 is 1.58 bits per heavy atom. The zero-order valence-electron chi connectivity index (χ0n) is 16.0. The predicted molar refractivity (Wildman–Crippen MR) is 113 cm³/mol. The SMILES string of the molecule is O=C(NN=Cc1ccc(O)c(O)c1O)c1nc(-c2ccccc2)n(-c2ccccc2)n1. The highest BCUT2D eigenvalue weighted by Crippen LogP contribution is 2.36. The monoisotopic (exact) mass is 415 g/mol. The summed E-state index contributed by atoms with van der Waals surface area (Å²) in [7, 11) is 0. The number of nitrogens with zero attached hydrogens (tertiary/aromatic N) is 4. The molecule has 4 rings (SSSR count). The van der Waals surface area contributed by atoms with Crippen LogP contribution in [-0.2, 0) is 0 Å². The smallest absolute Gasteiger partial charge is 0.311 e. The first kappa shape index (κ1) is 19.6. The van der Waals surface area contributed by atoms with Gasteiger partial charge in [-0.3, -0.25) is 4.79 Å². The molecule has 0 aliphatic carbocycles. The summed E-state index contributed by atoms with van der Waals surface area (Å²) >= 11 is 0. The lowest BCUT2D eigenvalue weighted by Crippen LogP contribution is -2.19. The molecule has 31 heavy (non-hydrogen) atoms. The van der Waals surface area contributed by atoms with Crippen LogP contribution < -0.4 is 5.43 Å². The number of carbonyl (C=O) groups excluding carboxylic acids is 1. The van der Waals surface area contributed by atoms with Crippen molar-refractivity contribution in [2.75, 3.05) is 0 Å². The van der Waals surface area contributed by atoms with Crippen LogP contribution in [0.1, 0.15) is 16.2 Å². The molecule has 0 bridgehead atoms. The van der Waals surface area contributed by atoms with Crippen molar-refractivity contribution in [3.05, 3.63) is 84.2 Å². The first-order chi connectivity index (χ1) is 15.0. The van der Waals surface area contributed by atoms with Gasteiger partial charge in [-0.1, -0.05) is 48.5 Å². The molecule has 4 aromatic rings. The molecule has 0 aliphatic heterocycles. The first-order valence-corrected chi connectivity index (χ1v) is 9.20. The molecule has 0 saturated carbocycles. The van der Waals surface area contributed by atoms with Crippen molar-refractivity contribution in [1.82, 2.24) is 20.2 Å². The number of hydrogen-bond acceptors (Lipinski definition) is 7. The molecule has 154 valence electrons. The summed E-state index contributed by atoms with van der Waals surface area (Å²) < 4.78 is 1.57. The highest BCUT2D eigenvalue weighted by Gasteiger charge is 2.18. The number of hydrazone groups is 1. The molecule has 0 unspecified atom stereocenters. The van der Waals surface area contributed by atoms with Crippen LogP contribution in [0, 0.1) is 0 Å². The highest BCUT2D eigenvalue weighted by molar-refractivity contribution is 5.92. The van der Waals surface area contributed by atoms with E-state index in [1.54, 1.807) is 4.68 Å². The van der Waals surface area contributed by atoms with E-state index in [0.29, 0.717) is 5.82 Å². The Kier molecular flexibility index (Phi) is 5.31. The molecule has 1 heterocycles.